The number of nitrogens with zero attached hydrogens (tertiary/aromatic N) is 3. The molecule has 5 heteroatoms. The smallest absolute Gasteiger partial charge is 0.171 e. The monoisotopic (exact) mass is 293 g/mol. The Bertz CT molecular complexity index is 579. The number of thiophene rings is 1. The summed E-state index contributed by atoms with van der Waals surface area (Å²) in [5.41, 5.74) is 3.17. The van der Waals surface area contributed by atoms with Crippen LogP contribution in [-0.4, -0.2) is 16.0 Å². The van der Waals surface area contributed by atoms with Gasteiger partial charge in [-0.2, -0.15) is 11.3 Å². The molecule has 1 fully saturated rings. The quantitative estimate of drug-likeness (QED) is 0.854. The highest BCUT2D eigenvalue weighted by atomic mass is 35.5. The van der Waals surface area contributed by atoms with Crippen molar-refractivity contribution in [3.63, 3.8) is 0 Å². The van der Waals surface area contributed by atoms with E-state index in [1.54, 1.807) is 11.3 Å². The van der Waals surface area contributed by atoms with Crippen LogP contribution >= 0.6 is 22.9 Å². The molecule has 100 valence electrons. The van der Waals surface area contributed by atoms with Crippen LogP contribution in [0.3, 0.4) is 0 Å². The van der Waals surface area contributed by atoms with Crippen molar-refractivity contribution in [1.29, 1.82) is 0 Å². The molecule has 0 atom stereocenters. The lowest BCUT2D eigenvalue weighted by molar-refractivity contribution is 0.771. The summed E-state index contributed by atoms with van der Waals surface area (Å²) in [6.45, 7) is 4.79. The zero-order valence-corrected chi connectivity index (χ0v) is 12.6. The number of halogens is 1. The number of aromatic nitrogens is 2. The van der Waals surface area contributed by atoms with Crippen LogP contribution in [0.25, 0.3) is 0 Å². The van der Waals surface area contributed by atoms with Crippen molar-refractivity contribution in [2.24, 2.45) is 0 Å². The molecule has 2 aromatic rings. The molecule has 0 saturated heterocycles. The summed E-state index contributed by atoms with van der Waals surface area (Å²) in [5.74, 6) is 0.832. The molecule has 1 aliphatic carbocycles. The zero-order valence-electron chi connectivity index (χ0n) is 11.1. The van der Waals surface area contributed by atoms with Crippen molar-refractivity contribution in [2.75, 3.05) is 4.90 Å². The Hall–Kier alpha value is -1.13. The number of hydrogen-bond acceptors (Lipinski definition) is 4. The van der Waals surface area contributed by atoms with Crippen molar-refractivity contribution < 1.29 is 0 Å². The van der Waals surface area contributed by atoms with Gasteiger partial charge in [0, 0.05) is 12.6 Å². The van der Waals surface area contributed by atoms with Crippen molar-refractivity contribution in [3.8, 4) is 0 Å². The first kappa shape index (κ1) is 12.9. The van der Waals surface area contributed by atoms with Gasteiger partial charge >= 0.3 is 0 Å². The second-order valence-corrected chi connectivity index (χ2v) is 6.14. The van der Waals surface area contributed by atoms with E-state index in [-0.39, 0.29) is 0 Å². The second-order valence-electron chi connectivity index (χ2n) is 5.00. The lowest BCUT2D eigenvalue weighted by Crippen LogP contribution is -2.26. The summed E-state index contributed by atoms with van der Waals surface area (Å²) < 4.78 is 0. The van der Waals surface area contributed by atoms with E-state index in [2.05, 4.69) is 31.7 Å². The average molecular weight is 294 g/mol. The van der Waals surface area contributed by atoms with Gasteiger partial charge in [-0.3, -0.25) is 0 Å². The van der Waals surface area contributed by atoms with Crippen LogP contribution in [-0.2, 0) is 6.54 Å². The van der Waals surface area contributed by atoms with Crippen molar-refractivity contribution in [2.45, 2.75) is 39.3 Å². The van der Waals surface area contributed by atoms with Crippen LogP contribution in [0.5, 0.6) is 0 Å². The highest BCUT2D eigenvalue weighted by molar-refractivity contribution is 7.07. The van der Waals surface area contributed by atoms with Gasteiger partial charge in [-0.15, -0.1) is 0 Å². The van der Waals surface area contributed by atoms with Crippen LogP contribution in [0, 0.1) is 13.8 Å². The van der Waals surface area contributed by atoms with Gasteiger partial charge in [-0.25, -0.2) is 9.97 Å². The van der Waals surface area contributed by atoms with Crippen LogP contribution in [0.4, 0.5) is 5.82 Å². The minimum Gasteiger partial charge on any atom is -0.347 e. The SMILES string of the molecule is Cc1nc(Cl)c(N(Cc2ccsc2)C2CC2)nc1C. The van der Waals surface area contributed by atoms with Gasteiger partial charge in [0.25, 0.3) is 0 Å². The number of anilines is 1. The molecule has 3 rings (SSSR count). The minimum atomic E-state index is 0.519. The van der Waals surface area contributed by atoms with E-state index in [0.717, 1.165) is 23.8 Å². The normalized spacial score (nSPS) is 14.7. The number of rotatable bonds is 4. The molecule has 0 unspecified atom stereocenters. The van der Waals surface area contributed by atoms with E-state index >= 15 is 0 Å². The van der Waals surface area contributed by atoms with Crippen LogP contribution in [0.15, 0.2) is 16.8 Å². The summed E-state index contributed by atoms with van der Waals surface area (Å²) in [6.07, 6.45) is 2.43. The Balaban J connectivity index is 1.94. The molecule has 1 saturated carbocycles. The molecule has 3 nitrogen and oxygen atoms in total. The lowest BCUT2D eigenvalue weighted by Gasteiger charge is -2.24. The average Bonchev–Trinajstić information content (AvgIpc) is 3.09. The second kappa shape index (κ2) is 5.10. The van der Waals surface area contributed by atoms with Crippen molar-refractivity contribution >= 4 is 28.8 Å². The fourth-order valence-electron chi connectivity index (χ4n) is 2.09. The molecule has 0 aliphatic heterocycles. The van der Waals surface area contributed by atoms with Crippen LogP contribution in [0.1, 0.15) is 29.8 Å². The molecular weight excluding hydrogens is 278 g/mol. The molecule has 0 bridgehead atoms. The molecule has 2 heterocycles. The molecule has 19 heavy (non-hydrogen) atoms. The topological polar surface area (TPSA) is 29.0 Å². The van der Waals surface area contributed by atoms with Gasteiger partial charge < -0.3 is 4.90 Å². The lowest BCUT2D eigenvalue weighted by atomic mass is 10.3. The predicted molar refractivity (Wildman–Crippen MR) is 80.0 cm³/mol. The highest BCUT2D eigenvalue weighted by Crippen LogP contribution is 2.35. The fourth-order valence-corrected chi connectivity index (χ4v) is 3.03. The largest absolute Gasteiger partial charge is 0.347 e. The van der Waals surface area contributed by atoms with E-state index in [1.165, 1.54) is 18.4 Å². The van der Waals surface area contributed by atoms with Crippen molar-refractivity contribution in [3.05, 3.63) is 38.9 Å². The van der Waals surface area contributed by atoms with Crippen molar-refractivity contribution in [1.82, 2.24) is 9.97 Å². The third-order valence-electron chi connectivity index (χ3n) is 3.44. The fraction of sp³-hybridized carbons (Fsp3) is 0.429. The summed E-state index contributed by atoms with van der Waals surface area (Å²) in [6, 6.07) is 2.72. The Labute approximate surface area is 122 Å². The van der Waals surface area contributed by atoms with Gasteiger partial charge in [-0.1, -0.05) is 11.6 Å². The molecular formula is C14H16ClN3S. The van der Waals surface area contributed by atoms with Crippen LogP contribution < -0.4 is 4.90 Å². The van der Waals surface area contributed by atoms with Gasteiger partial charge in [0.05, 0.1) is 11.4 Å². The van der Waals surface area contributed by atoms with E-state index < -0.39 is 0 Å². The molecule has 2 aromatic heterocycles. The molecule has 0 spiro atoms. The summed E-state index contributed by atoms with van der Waals surface area (Å²) in [7, 11) is 0. The number of aryl methyl sites for hydroxylation is 2. The zero-order chi connectivity index (χ0) is 13.4. The summed E-state index contributed by atoms with van der Waals surface area (Å²) in [4.78, 5) is 11.3. The maximum absolute atomic E-state index is 6.30. The van der Waals surface area contributed by atoms with Gasteiger partial charge in [-0.05, 0) is 49.1 Å². The van der Waals surface area contributed by atoms with Gasteiger partial charge in [0.1, 0.15) is 0 Å². The predicted octanol–water partition coefficient (Wildman–Crippen LogP) is 3.98. The first-order chi connectivity index (χ1) is 9.15. The standard InChI is InChI=1S/C14H16ClN3S/c1-9-10(2)17-14(13(15)16-9)18(12-3-4-12)7-11-5-6-19-8-11/h5-6,8,12H,3-4,7H2,1-2H3. The molecule has 0 aromatic carbocycles. The molecule has 0 N–H and O–H groups in total. The van der Waals surface area contributed by atoms with E-state index in [1.807, 2.05) is 13.8 Å². The van der Waals surface area contributed by atoms with E-state index in [4.69, 9.17) is 11.6 Å². The Kier molecular flexibility index (Phi) is 3.46. The first-order valence-electron chi connectivity index (χ1n) is 6.43. The third kappa shape index (κ3) is 2.74. The Morgan fingerprint density at radius 3 is 2.68 bits per heavy atom. The first-order valence-corrected chi connectivity index (χ1v) is 7.75. The van der Waals surface area contributed by atoms with Gasteiger partial charge in [0.15, 0.2) is 11.0 Å². The minimum absolute atomic E-state index is 0.519. The Morgan fingerprint density at radius 1 is 1.32 bits per heavy atom. The van der Waals surface area contributed by atoms with Gasteiger partial charge in [0.2, 0.25) is 0 Å². The maximum atomic E-state index is 6.30. The highest BCUT2D eigenvalue weighted by Gasteiger charge is 2.32. The summed E-state index contributed by atoms with van der Waals surface area (Å²) in [5, 5.41) is 4.80. The maximum Gasteiger partial charge on any atom is 0.171 e. The van der Waals surface area contributed by atoms with E-state index in [9.17, 15) is 0 Å². The Morgan fingerprint density at radius 2 is 2.05 bits per heavy atom. The molecule has 0 amide bonds. The molecule has 0 radical (unpaired) electrons. The van der Waals surface area contributed by atoms with E-state index in [0.29, 0.717) is 11.2 Å². The third-order valence-corrected chi connectivity index (χ3v) is 4.43. The summed E-state index contributed by atoms with van der Waals surface area (Å²) >= 11 is 8.02. The molecule has 1 aliphatic rings. The number of hydrogen-bond donors (Lipinski definition) is 0. The van der Waals surface area contributed by atoms with Crippen LogP contribution in [0.2, 0.25) is 5.15 Å².